The van der Waals surface area contributed by atoms with Crippen LogP contribution in [-0.2, 0) is 11.3 Å². The van der Waals surface area contributed by atoms with E-state index in [1.165, 1.54) is 24.8 Å². The molecule has 142 valence electrons. The fraction of sp³-hybridized carbons (Fsp3) is 0.667. The summed E-state index contributed by atoms with van der Waals surface area (Å²) < 4.78 is 6.29. The van der Waals surface area contributed by atoms with Crippen LogP contribution in [0, 0.1) is 5.92 Å². The van der Waals surface area contributed by atoms with Crippen molar-refractivity contribution in [2.45, 2.75) is 63.3 Å². The Balaban J connectivity index is 1.24. The summed E-state index contributed by atoms with van der Waals surface area (Å²) in [5, 5.41) is 3.81. The second kappa shape index (κ2) is 7.29. The fourth-order valence-corrected chi connectivity index (χ4v) is 4.66. The zero-order valence-corrected chi connectivity index (χ0v) is 15.7. The van der Waals surface area contributed by atoms with E-state index in [1.807, 2.05) is 24.3 Å². The molecule has 0 bridgehead atoms. The number of amides is 1. The molecule has 3 fully saturated rings. The van der Waals surface area contributed by atoms with Gasteiger partial charge < -0.3 is 15.8 Å². The van der Waals surface area contributed by atoms with E-state index in [9.17, 15) is 4.79 Å². The van der Waals surface area contributed by atoms with Gasteiger partial charge in [-0.25, -0.2) is 0 Å². The number of nitrogens with zero attached hydrogens (tertiary/aromatic N) is 1. The van der Waals surface area contributed by atoms with Crippen LogP contribution in [0.15, 0.2) is 24.3 Å². The van der Waals surface area contributed by atoms with Gasteiger partial charge >= 0.3 is 0 Å². The molecule has 4 rings (SSSR count). The lowest BCUT2D eigenvalue weighted by Gasteiger charge is -2.38. The number of nitrogens with two attached hydrogens (primary N) is 1. The second-order valence-corrected chi connectivity index (χ2v) is 8.41. The largest absolute Gasteiger partial charge is 0.373 e. The normalized spacial score (nSPS) is 30.6. The molecule has 26 heavy (non-hydrogen) atoms. The van der Waals surface area contributed by atoms with E-state index in [4.69, 9.17) is 10.5 Å². The lowest BCUT2D eigenvalue weighted by molar-refractivity contribution is -0.0449. The minimum Gasteiger partial charge on any atom is -0.373 e. The summed E-state index contributed by atoms with van der Waals surface area (Å²) in [7, 11) is 0. The van der Waals surface area contributed by atoms with E-state index in [1.54, 1.807) is 0 Å². The molecule has 2 heterocycles. The number of benzene rings is 1. The van der Waals surface area contributed by atoms with E-state index in [0.29, 0.717) is 11.6 Å². The van der Waals surface area contributed by atoms with Crippen LogP contribution in [0.5, 0.6) is 0 Å². The molecule has 2 aliphatic heterocycles. The van der Waals surface area contributed by atoms with Crippen molar-refractivity contribution in [3.8, 4) is 0 Å². The highest BCUT2D eigenvalue weighted by molar-refractivity contribution is 5.92. The topological polar surface area (TPSA) is 67.6 Å². The van der Waals surface area contributed by atoms with Crippen LogP contribution in [0.4, 0.5) is 0 Å². The standard InChI is InChI=1S/C21H31N3O2/c1-2-16-11-19(16)23-18-12-21(26-14-18)7-9-24(10-8-21)13-15-3-5-17(6-4-15)20(22)25/h3-6,16,18-19,23H,2,7-14H2,1H3,(H2,22,25)/t16-,18?,19-/m1/s1. The van der Waals surface area contributed by atoms with Gasteiger partial charge in [0.05, 0.1) is 12.2 Å². The first-order valence-electron chi connectivity index (χ1n) is 10.1. The van der Waals surface area contributed by atoms with Gasteiger partial charge in [-0.05, 0) is 49.3 Å². The van der Waals surface area contributed by atoms with Crippen LogP contribution in [0.1, 0.15) is 54.9 Å². The monoisotopic (exact) mass is 357 g/mol. The number of hydrogen-bond acceptors (Lipinski definition) is 4. The molecule has 1 aromatic rings. The van der Waals surface area contributed by atoms with Gasteiger partial charge in [0, 0.05) is 37.3 Å². The molecular formula is C21H31N3O2. The van der Waals surface area contributed by atoms with Crippen LogP contribution >= 0.6 is 0 Å². The van der Waals surface area contributed by atoms with Gasteiger partial charge in [0.2, 0.25) is 5.91 Å². The van der Waals surface area contributed by atoms with E-state index in [-0.39, 0.29) is 11.5 Å². The van der Waals surface area contributed by atoms with Gasteiger partial charge in [0.15, 0.2) is 0 Å². The highest BCUT2D eigenvalue weighted by Gasteiger charge is 2.45. The van der Waals surface area contributed by atoms with E-state index < -0.39 is 0 Å². The first kappa shape index (κ1) is 18.0. The lowest BCUT2D eigenvalue weighted by atomic mass is 9.87. The molecule has 1 aliphatic carbocycles. The predicted molar refractivity (Wildman–Crippen MR) is 102 cm³/mol. The summed E-state index contributed by atoms with van der Waals surface area (Å²) >= 11 is 0. The summed E-state index contributed by atoms with van der Waals surface area (Å²) in [6.45, 7) is 6.24. The smallest absolute Gasteiger partial charge is 0.248 e. The maximum Gasteiger partial charge on any atom is 0.248 e. The van der Waals surface area contributed by atoms with Crippen LogP contribution in [0.25, 0.3) is 0 Å². The Kier molecular flexibility index (Phi) is 5.04. The number of hydrogen-bond donors (Lipinski definition) is 2. The molecule has 0 aromatic heterocycles. The Hall–Kier alpha value is -1.43. The van der Waals surface area contributed by atoms with Gasteiger partial charge in [-0.1, -0.05) is 25.5 Å². The zero-order chi connectivity index (χ0) is 18.1. The molecule has 1 spiro atoms. The van der Waals surface area contributed by atoms with Crippen molar-refractivity contribution in [1.29, 1.82) is 0 Å². The van der Waals surface area contributed by atoms with Crippen LogP contribution in [0.2, 0.25) is 0 Å². The first-order valence-corrected chi connectivity index (χ1v) is 10.1. The third kappa shape index (κ3) is 3.95. The summed E-state index contributed by atoms with van der Waals surface area (Å²) in [5.74, 6) is 0.531. The quantitative estimate of drug-likeness (QED) is 0.820. The number of nitrogens with one attached hydrogen (secondary N) is 1. The van der Waals surface area contributed by atoms with Crippen molar-refractivity contribution >= 4 is 5.91 Å². The minimum atomic E-state index is -0.366. The molecule has 5 nitrogen and oxygen atoms in total. The molecule has 0 radical (unpaired) electrons. The number of likely N-dealkylation sites (tertiary alicyclic amines) is 1. The van der Waals surface area contributed by atoms with Crippen molar-refractivity contribution in [1.82, 2.24) is 10.2 Å². The summed E-state index contributed by atoms with van der Waals surface area (Å²) in [5.41, 5.74) is 7.21. The predicted octanol–water partition coefficient (Wildman–Crippen LogP) is 2.30. The number of carbonyl (C=O) groups excluding carboxylic acids is 1. The van der Waals surface area contributed by atoms with Gasteiger partial charge in [-0.2, -0.15) is 0 Å². The minimum absolute atomic E-state index is 0.0978. The van der Waals surface area contributed by atoms with E-state index >= 15 is 0 Å². The highest BCUT2D eigenvalue weighted by Crippen LogP contribution is 2.39. The molecule has 1 aromatic carbocycles. The Morgan fingerprint density at radius 2 is 2.04 bits per heavy atom. The Morgan fingerprint density at radius 3 is 2.65 bits per heavy atom. The number of primary amides is 1. The molecule has 2 saturated heterocycles. The summed E-state index contributed by atoms with van der Waals surface area (Å²) in [6, 6.07) is 8.95. The molecule has 1 saturated carbocycles. The van der Waals surface area contributed by atoms with Crippen molar-refractivity contribution in [3.63, 3.8) is 0 Å². The fourth-order valence-electron chi connectivity index (χ4n) is 4.66. The average molecular weight is 357 g/mol. The number of rotatable bonds is 6. The lowest BCUT2D eigenvalue weighted by Crippen LogP contribution is -2.44. The molecular weight excluding hydrogens is 326 g/mol. The van der Waals surface area contributed by atoms with E-state index in [0.717, 1.165) is 51.0 Å². The maximum atomic E-state index is 11.2. The number of ether oxygens (including phenoxy) is 1. The SMILES string of the molecule is CC[C@@H]1C[C@H]1NC1COC2(CCN(Cc3ccc(C(N)=O)cc3)CC2)C1. The average Bonchev–Trinajstić information content (AvgIpc) is 3.29. The Morgan fingerprint density at radius 1 is 1.31 bits per heavy atom. The van der Waals surface area contributed by atoms with Gasteiger partial charge in [-0.3, -0.25) is 9.69 Å². The maximum absolute atomic E-state index is 11.2. The van der Waals surface area contributed by atoms with Gasteiger partial charge in [0.25, 0.3) is 0 Å². The number of carbonyl (C=O) groups is 1. The highest BCUT2D eigenvalue weighted by atomic mass is 16.5. The zero-order valence-electron chi connectivity index (χ0n) is 15.7. The van der Waals surface area contributed by atoms with Crippen molar-refractivity contribution in [2.75, 3.05) is 19.7 Å². The molecule has 3 N–H and O–H groups in total. The number of piperidine rings is 1. The van der Waals surface area contributed by atoms with Crippen molar-refractivity contribution in [2.24, 2.45) is 11.7 Å². The van der Waals surface area contributed by atoms with E-state index in [2.05, 4.69) is 17.1 Å². The Bertz CT molecular complexity index is 637. The molecule has 1 amide bonds. The molecule has 3 aliphatic rings. The van der Waals surface area contributed by atoms with Crippen LogP contribution in [-0.4, -0.2) is 48.2 Å². The van der Waals surface area contributed by atoms with Crippen LogP contribution < -0.4 is 11.1 Å². The second-order valence-electron chi connectivity index (χ2n) is 8.41. The van der Waals surface area contributed by atoms with Gasteiger partial charge in [0.1, 0.15) is 0 Å². The summed E-state index contributed by atoms with van der Waals surface area (Å²) in [6.07, 6.45) is 6.05. The third-order valence-electron chi connectivity index (χ3n) is 6.52. The van der Waals surface area contributed by atoms with Crippen LogP contribution in [0.3, 0.4) is 0 Å². The molecule has 1 unspecified atom stereocenters. The van der Waals surface area contributed by atoms with Crippen molar-refractivity contribution in [3.05, 3.63) is 35.4 Å². The molecule has 3 atom stereocenters. The van der Waals surface area contributed by atoms with Crippen molar-refractivity contribution < 1.29 is 9.53 Å². The Labute approximate surface area is 156 Å². The summed E-state index contributed by atoms with van der Waals surface area (Å²) in [4.78, 5) is 13.7. The first-order chi connectivity index (χ1) is 12.6. The third-order valence-corrected chi connectivity index (χ3v) is 6.52. The van der Waals surface area contributed by atoms with Gasteiger partial charge in [-0.15, -0.1) is 0 Å². The molecule has 5 heteroatoms.